The van der Waals surface area contributed by atoms with E-state index in [0.29, 0.717) is 5.56 Å². The maximum Gasteiger partial charge on any atom is 0.328 e. The van der Waals surface area contributed by atoms with Gasteiger partial charge in [0, 0.05) is 12.2 Å². The second-order valence-corrected chi connectivity index (χ2v) is 7.39. The molecule has 5 atom stereocenters. The Morgan fingerprint density at radius 3 is 2.00 bits per heavy atom. The number of rotatable bonds is 12. The van der Waals surface area contributed by atoms with Crippen LogP contribution in [-0.2, 0) is 25.6 Å². The van der Waals surface area contributed by atoms with Gasteiger partial charge in [-0.15, -0.1) is 0 Å². The fourth-order valence-corrected chi connectivity index (χ4v) is 2.71. The van der Waals surface area contributed by atoms with Crippen LogP contribution in [0.1, 0.15) is 12.5 Å². The molecule has 32 heavy (non-hydrogen) atoms. The number of carboxylic acids is 1. The molecule has 0 saturated heterocycles. The van der Waals surface area contributed by atoms with E-state index in [-0.39, 0.29) is 17.9 Å². The number of aromatic hydroxyl groups is 1. The summed E-state index contributed by atoms with van der Waals surface area (Å²) in [6.07, 6.45) is -1.54. The molecule has 0 aliphatic carbocycles. The van der Waals surface area contributed by atoms with E-state index >= 15 is 0 Å². The maximum atomic E-state index is 12.7. The predicted octanol–water partition coefficient (Wildman–Crippen LogP) is -2.90. The van der Waals surface area contributed by atoms with Crippen molar-refractivity contribution in [2.45, 2.75) is 43.6 Å². The second kappa shape index (κ2) is 12.9. The van der Waals surface area contributed by atoms with E-state index in [9.17, 15) is 39.6 Å². The molecule has 0 aliphatic heterocycles. The fourth-order valence-electron chi connectivity index (χ4n) is 2.55. The van der Waals surface area contributed by atoms with Crippen molar-refractivity contribution in [1.29, 1.82) is 0 Å². The van der Waals surface area contributed by atoms with E-state index in [4.69, 9.17) is 5.73 Å². The summed E-state index contributed by atoms with van der Waals surface area (Å²) in [6, 6.07) is 0.258. The van der Waals surface area contributed by atoms with Gasteiger partial charge in [0.2, 0.25) is 17.7 Å². The molecule has 0 aliphatic rings. The molecule has 0 heterocycles. The molecule has 0 radical (unpaired) electrons. The van der Waals surface area contributed by atoms with Gasteiger partial charge in [-0.25, -0.2) is 4.79 Å². The van der Waals surface area contributed by atoms with Crippen LogP contribution >= 0.6 is 12.6 Å². The van der Waals surface area contributed by atoms with E-state index in [1.165, 1.54) is 31.2 Å². The molecule has 0 fully saturated rings. The lowest BCUT2D eigenvalue weighted by atomic mass is 10.0. The van der Waals surface area contributed by atoms with Crippen LogP contribution in [0.15, 0.2) is 24.3 Å². The Kier molecular flexibility index (Phi) is 10.9. The molecule has 0 spiro atoms. The van der Waals surface area contributed by atoms with Crippen molar-refractivity contribution >= 4 is 36.3 Å². The topological polar surface area (TPSA) is 211 Å². The summed E-state index contributed by atoms with van der Waals surface area (Å²) in [7, 11) is 0. The number of aliphatic carboxylic acids is 1. The lowest BCUT2D eigenvalue weighted by molar-refractivity contribution is -0.145. The number of aliphatic hydroxyl groups is 2. The first-order valence-electron chi connectivity index (χ1n) is 9.57. The lowest BCUT2D eigenvalue weighted by Crippen LogP contribution is -2.59. The van der Waals surface area contributed by atoms with Crippen LogP contribution in [0.4, 0.5) is 0 Å². The molecule has 0 saturated carbocycles. The molecule has 13 heteroatoms. The molecule has 1 rings (SSSR count). The molecule has 9 N–H and O–H groups in total. The zero-order valence-corrected chi connectivity index (χ0v) is 18.2. The van der Waals surface area contributed by atoms with Gasteiger partial charge < -0.3 is 42.1 Å². The standard InChI is InChI=1S/C19H28N4O8S/c1-9(25)15(19(30)31)23-17(28)13(6-10-2-4-11(26)5-3-10)21-18(29)14(7-24)22-16(27)12(20)8-32/h2-5,9,12-15,24-26,32H,6-8,20H2,1H3,(H,21,29)(H,22,27)(H,23,28)(H,30,31). The van der Waals surface area contributed by atoms with Crippen LogP contribution < -0.4 is 21.7 Å². The lowest BCUT2D eigenvalue weighted by Gasteiger charge is -2.25. The number of hydrogen-bond donors (Lipinski definition) is 9. The van der Waals surface area contributed by atoms with Crippen LogP contribution in [0.3, 0.4) is 0 Å². The summed E-state index contributed by atoms with van der Waals surface area (Å²) in [5.74, 6) is -4.10. The maximum absolute atomic E-state index is 12.7. The first-order chi connectivity index (χ1) is 15.0. The highest BCUT2D eigenvalue weighted by Crippen LogP contribution is 2.12. The average Bonchev–Trinajstić information content (AvgIpc) is 2.75. The summed E-state index contributed by atoms with van der Waals surface area (Å²) < 4.78 is 0. The van der Waals surface area contributed by atoms with Crippen molar-refractivity contribution in [3.05, 3.63) is 29.8 Å². The smallest absolute Gasteiger partial charge is 0.328 e. The number of amides is 3. The Morgan fingerprint density at radius 1 is 1.00 bits per heavy atom. The summed E-state index contributed by atoms with van der Waals surface area (Å²) in [5, 5.41) is 44.4. The zero-order valence-electron chi connectivity index (χ0n) is 17.3. The number of hydrogen-bond acceptors (Lipinski definition) is 9. The van der Waals surface area contributed by atoms with Crippen LogP contribution in [0, 0.1) is 0 Å². The molecule has 0 aromatic heterocycles. The van der Waals surface area contributed by atoms with Crippen molar-refractivity contribution in [3.63, 3.8) is 0 Å². The van der Waals surface area contributed by atoms with Gasteiger partial charge >= 0.3 is 5.97 Å². The first kappa shape index (κ1) is 27.2. The Labute approximate surface area is 189 Å². The highest BCUT2D eigenvalue weighted by Gasteiger charge is 2.31. The van der Waals surface area contributed by atoms with Gasteiger partial charge in [-0.3, -0.25) is 14.4 Å². The molecule has 1 aromatic rings. The number of carboxylic acid groups (broad SMARTS) is 1. The number of thiol groups is 1. The SMILES string of the molecule is CC(O)C(NC(=O)C(Cc1ccc(O)cc1)NC(=O)C(CO)NC(=O)C(N)CS)C(=O)O. The third-order valence-electron chi connectivity index (χ3n) is 4.40. The Morgan fingerprint density at radius 2 is 1.53 bits per heavy atom. The van der Waals surface area contributed by atoms with Crippen molar-refractivity contribution < 1.29 is 39.6 Å². The minimum absolute atomic E-state index is 0.00654. The third kappa shape index (κ3) is 8.34. The minimum Gasteiger partial charge on any atom is -0.508 e. The number of nitrogens with one attached hydrogen (secondary N) is 3. The number of carbonyl (C=O) groups excluding carboxylic acids is 3. The molecule has 1 aromatic carbocycles. The number of phenols is 1. The van der Waals surface area contributed by atoms with E-state index in [1.807, 2.05) is 0 Å². The van der Waals surface area contributed by atoms with Gasteiger partial charge in [0.1, 0.15) is 17.8 Å². The van der Waals surface area contributed by atoms with E-state index in [1.54, 1.807) is 0 Å². The molecule has 0 bridgehead atoms. The number of aliphatic hydroxyl groups excluding tert-OH is 2. The number of nitrogens with two attached hydrogens (primary N) is 1. The number of benzene rings is 1. The average molecular weight is 473 g/mol. The van der Waals surface area contributed by atoms with Crippen LogP contribution in [0.25, 0.3) is 0 Å². The van der Waals surface area contributed by atoms with Crippen molar-refractivity contribution in [2.75, 3.05) is 12.4 Å². The van der Waals surface area contributed by atoms with Crippen molar-refractivity contribution in [1.82, 2.24) is 16.0 Å². The zero-order chi connectivity index (χ0) is 24.4. The Bertz CT molecular complexity index is 805. The number of carbonyl (C=O) groups is 4. The third-order valence-corrected chi connectivity index (χ3v) is 4.80. The molecule has 12 nitrogen and oxygen atoms in total. The van der Waals surface area contributed by atoms with E-state index < -0.39 is 60.6 Å². The first-order valence-corrected chi connectivity index (χ1v) is 10.2. The summed E-state index contributed by atoms with van der Waals surface area (Å²) in [5.41, 5.74) is 6.04. The second-order valence-electron chi connectivity index (χ2n) is 7.03. The van der Waals surface area contributed by atoms with Crippen LogP contribution in [-0.4, -0.2) is 86.7 Å². The summed E-state index contributed by atoms with van der Waals surface area (Å²) in [4.78, 5) is 48.5. The molecule has 3 amide bonds. The predicted molar refractivity (Wildman–Crippen MR) is 116 cm³/mol. The van der Waals surface area contributed by atoms with Gasteiger partial charge in [-0.1, -0.05) is 12.1 Å². The molecular weight excluding hydrogens is 444 g/mol. The molecule has 178 valence electrons. The normalized spacial score (nSPS) is 15.5. The largest absolute Gasteiger partial charge is 0.508 e. The number of phenolic OH excluding ortho intramolecular Hbond substituents is 1. The van der Waals surface area contributed by atoms with Crippen molar-refractivity contribution in [3.8, 4) is 5.75 Å². The quantitative estimate of drug-likeness (QED) is 0.143. The summed E-state index contributed by atoms with van der Waals surface area (Å²) >= 11 is 3.88. The van der Waals surface area contributed by atoms with E-state index in [0.717, 1.165) is 0 Å². The minimum atomic E-state index is -1.64. The highest BCUT2D eigenvalue weighted by molar-refractivity contribution is 7.80. The Balaban J connectivity index is 3.06. The highest BCUT2D eigenvalue weighted by atomic mass is 32.1. The van der Waals surface area contributed by atoms with Gasteiger partial charge in [-0.05, 0) is 24.6 Å². The summed E-state index contributed by atoms with van der Waals surface area (Å²) in [6.45, 7) is 0.379. The van der Waals surface area contributed by atoms with Crippen molar-refractivity contribution in [2.24, 2.45) is 5.73 Å². The van der Waals surface area contributed by atoms with Crippen LogP contribution in [0.2, 0.25) is 0 Å². The van der Waals surface area contributed by atoms with Gasteiger partial charge in [0.25, 0.3) is 0 Å². The van der Waals surface area contributed by atoms with Gasteiger partial charge in [-0.2, -0.15) is 12.6 Å². The Hall–Kier alpha value is -2.87. The van der Waals surface area contributed by atoms with Gasteiger partial charge in [0.05, 0.1) is 18.8 Å². The van der Waals surface area contributed by atoms with E-state index in [2.05, 4.69) is 28.6 Å². The fraction of sp³-hybridized carbons (Fsp3) is 0.474. The molecular formula is C19H28N4O8S. The molecule has 5 unspecified atom stereocenters. The van der Waals surface area contributed by atoms with Crippen LogP contribution in [0.5, 0.6) is 5.75 Å². The monoisotopic (exact) mass is 472 g/mol. The van der Waals surface area contributed by atoms with Gasteiger partial charge in [0.15, 0.2) is 6.04 Å².